The molecule has 0 radical (unpaired) electrons. The van der Waals surface area contributed by atoms with Crippen LogP contribution in [-0.2, 0) is 0 Å². The molecule has 0 bridgehead atoms. The minimum absolute atomic E-state index is 0.197. The van der Waals surface area contributed by atoms with Crippen LogP contribution >= 0.6 is 0 Å². The highest BCUT2D eigenvalue weighted by Gasteiger charge is 2.06. The lowest BCUT2D eigenvalue weighted by molar-refractivity contribution is 0.100. The van der Waals surface area contributed by atoms with Gasteiger partial charge in [0.25, 0.3) is 5.91 Å². The van der Waals surface area contributed by atoms with Crippen molar-refractivity contribution in [2.75, 3.05) is 0 Å². The lowest BCUT2D eigenvalue weighted by Gasteiger charge is -2.05. The van der Waals surface area contributed by atoms with Crippen LogP contribution in [-0.4, -0.2) is 12.1 Å². The average molecular weight is 247 g/mol. The number of hydrogen-bond acceptors (Lipinski definition) is 1. The molecule has 19 heavy (non-hydrogen) atoms. The third kappa shape index (κ3) is 2.02. The number of carbonyl (C=O) groups excluding carboxylic acids is 1. The van der Waals surface area contributed by atoms with Gasteiger partial charge in [0, 0.05) is 11.8 Å². The molecule has 1 amide bonds. The Labute approximate surface area is 111 Å². The van der Waals surface area contributed by atoms with Gasteiger partial charge in [-0.05, 0) is 40.6 Å². The summed E-state index contributed by atoms with van der Waals surface area (Å²) in [5.74, 6) is -0.197. The summed E-state index contributed by atoms with van der Waals surface area (Å²) in [5.41, 5.74) is 0.627. The number of hydrogen-bond donors (Lipinski definition) is 0. The smallest absolute Gasteiger partial charge is 0.267 e. The molecule has 0 atom stereocenters. The van der Waals surface area contributed by atoms with Gasteiger partial charge < -0.3 is 0 Å². The van der Waals surface area contributed by atoms with Crippen molar-refractivity contribution in [2.45, 2.75) is 6.92 Å². The Kier molecular flexibility index (Phi) is 2.84. The van der Waals surface area contributed by atoms with Gasteiger partial charge in [-0.1, -0.05) is 42.5 Å². The predicted octanol–water partition coefficient (Wildman–Crippen LogP) is 4.22. The molecule has 0 N–H and O–H groups in total. The predicted molar refractivity (Wildman–Crippen MR) is 80.0 cm³/mol. The van der Waals surface area contributed by atoms with Gasteiger partial charge in [0.1, 0.15) is 0 Å². The van der Waals surface area contributed by atoms with Crippen LogP contribution in [0.5, 0.6) is 0 Å². The van der Waals surface area contributed by atoms with Gasteiger partial charge >= 0.3 is 0 Å². The van der Waals surface area contributed by atoms with Gasteiger partial charge in [0.15, 0.2) is 0 Å². The summed E-state index contributed by atoms with van der Waals surface area (Å²) in [6.07, 6.45) is 1.52. The van der Waals surface area contributed by atoms with E-state index in [0.29, 0.717) is 5.56 Å². The highest BCUT2D eigenvalue weighted by atomic mass is 16.1. The van der Waals surface area contributed by atoms with E-state index < -0.39 is 0 Å². The number of carbonyl (C=O) groups is 1. The normalized spacial score (nSPS) is 11.4. The number of benzene rings is 3. The van der Waals surface area contributed by atoms with Gasteiger partial charge in [0.05, 0.1) is 0 Å². The van der Waals surface area contributed by atoms with Crippen molar-refractivity contribution < 1.29 is 4.79 Å². The van der Waals surface area contributed by atoms with E-state index in [-0.39, 0.29) is 5.91 Å². The van der Waals surface area contributed by atoms with E-state index in [1.807, 2.05) is 30.3 Å². The quantitative estimate of drug-likeness (QED) is 0.467. The second-order valence-electron chi connectivity index (χ2n) is 4.42. The summed E-state index contributed by atoms with van der Waals surface area (Å²) < 4.78 is 0. The molecule has 0 aliphatic carbocycles. The molecule has 0 saturated heterocycles. The van der Waals surface area contributed by atoms with E-state index in [9.17, 15) is 4.79 Å². The Hall–Kier alpha value is -2.48. The highest BCUT2D eigenvalue weighted by molar-refractivity contribution is 6.10. The van der Waals surface area contributed by atoms with Gasteiger partial charge in [-0.3, -0.25) is 4.79 Å². The van der Waals surface area contributed by atoms with Crippen molar-refractivity contribution in [3.05, 3.63) is 60.2 Å². The molecule has 0 fully saturated rings. The minimum atomic E-state index is -0.197. The number of fused-ring (bicyclic) bond motifs is 3. The fraction of sp³-hybridized carbons (Fsp3) is 0.0588. The maximum atomic E-state index is 11.8. The molecular formula is C17H13NO. The fourth-order valence-electron chi connectivity index (χ4n) is 2.33. The standard InChI is InChI=1S/C17H13NO/c1-2-18-17(19)14-10-9-13-8-7-12-5-3-4-6-15(12)16(13)11-14/h2-11H,1H3. The maximum Gasteiger partial charge on any atom is 0.276 e. The SMILES string of the molecule is CC=NC(=O)c1ccc2ccc3ccccc3c2c1. The van der Waals surface area contributed by atoms with E-state index >= 15 is 0 Å². The molecule has 0 spiro atoms. The lowest BCUT2D eigenvalue weighted by atomic mass is 10.00. The Balaban J connectivity index is 2.31. The maximum absolute atomic E-state index is 11.8. The first kappa shape index (κ1) is 11.6. The summed E-state index contributed by atoms with van der Waals surface area (Å²) >= 11 is 0. The van der Waals surface area contributed by atoms with Crippen molar-refractivity contribution in [1.82, 2.24) is 0 Å². The van der Waals surface area contributed by atoms with Gasteiger partial charge in [-0.25, -0.2) is 4.99 Å². The monoisotopic (exact) mass is 247 g/mol. The highest BCUT2D eigenvalue weighted by Crippen LogP contribution is 2.26. The molecule has 0 aliphatic rings. The summed E-state index contributed by atoms with van der Waals surface area (Å²) in [7, 11) is 0. The lowest BCUT2D eigenvalue weighted by Crippen LogP contribution is -1.94. The molecule has 3 aromatic rings. The van der Waals surface area contributed by atoms with Crippen molar-refractivity contribution in [1.29, 1.82) is 0 Å². The Bertz CT molecular complexity index is 803. The average Bonchev–Trinajstić information content (AvgIpc) is 2.47. The molecule has 3 aromatic carbocycles. The van der Waals surface area contributed by atoms with E-state index in [0.717, 1.165) is 16.2 Å². The van der Waals surface area contributed by atoms with Crippen LogP contribution in [0.15, 0.2) is 59.6 Å². The Morgan fingerprint density at radius 3 is 2.42 bits per heavy atom. The van der Waals surface area contributed by atoms with Crippen LogP contribution in [0.1, 0.15) is 17.3 Å². The van der Waals surface area contributed by atoms with E-state index in [4.69, 9.17) is 0 Å². The van der Waals surface area contributed by atoms with Gasteiger partial charge in [0.2, 0.25) is 0 Å². The Morgan fingerprint density at radius 2 is 1.63 bits per heavy atom. The topological polar surface area (TPSA) is 29.4 Å². The van der Waals surface area contributed by atoms with Crippen LogP contribution in [0.2, 0.25) is 0 Å². The van der Waals surface area contributed by atoms with Gasteiger partial charge in [-0.2, -0.15) is 0 Å². The zero-order valence-corrected chi connectivity index (χ0v) is 10.6. The van der Waals surface area contributed by atoms with Crippen molar-refractivity contribution in [2.24, 2.45) is 4.99 Å². The largest absolute Gasteiger partial charge is 0.276 e. The summed E-state index contributed by atoms with van der Waals surface area (Å²) in [5, 5.41) is 4.57. The van der Waals surface area contributed by atoms with Crippen LogP contribution in [0.3, 0.4) is 0 Å². The van der Waals surface area contributed by atoms with Gasteiger partial charge in [-0.15, -0.1) is 0 Å². The van der Waals surface area contributed by atoms with Crippen LogP contribution in [0, 0.1) is 0 Å². The molecular weight excluding hydrogens is 234 g/mol. The second kappa shape index (κ2) is 4.65. The zero-order valence-electron chi connectivity index (χ0n) is 10.6. The third-order valence-electron chi connectivity index (χ3n) is 3.24. The van der Waals surface area contributed by atoms with E-state index in [1.165, 1.54) is 11.6 Å². The van der Waals surface area contributed by atoms with Crippen LogP contribution in [0.25, 0.3) is 21.5 Å². The molecule has 0 saturated carbocycles. The second-order valence-corrected chi connectivity index (χ2v) is 4.42. The zero-order chi connectivity index (χ0) is 13.2. The van der Waals surface area contributed by atoms with Crippen LogP contribution < -0.4 is 0 Å². The number of nitrogens with zero attached hydrogens (tertiary/aromatic N) is 1. The minimum Gasteiger partial charge on any atom is -0.267 e. The molecule has 0 aliphatic heterocycles. The molecule has 0 heterocycles. The summed E-state index contributed by atoms with van der Waals surface area (Å²) in [4.78, 5) is 15.6. The first-order chi connectivity index (χ1) is 9.29. The van der Waals surface area contributed by atoms with Crippen LogP contribution in [0.4, 0.5) is 0 Å². The van der Waals surface area contributed by atoms with Crippen molar-refractivity contribution in [3.8, 4) is 0 Å². The summed E-state index contributed by atoms with van der Waals surface area (Å²) in [6, 6.07) is 18.1. The molecule has 0 unspecified atom stereocenters. The van der Waals surface area contributed by atoms with E-state index in [1.54, 1.807) is 6.92 Å². The Morgan fingerprint density at radius 1 is 0.947 bits per heavy atom. The van der Waals surface area contributed by atoms with E-state index in [2.05, 4.69) is 29.3 Å². The first-order valence-corrected chi connectivity index (χ1v) is 6.24. The fourth-order valence-corrected chi connectivity index (χ4v) is 2.33. The van der Waals surface area contributed by atoms with Crippen molar-refractivity contribution >= 4 is 33.7 Å². The summed E-state index contributed by atoms with van der Waals surface area (Å²) in [6.45, 7) is 1.74. The molecule has 3 rings (SSSR count). The molecule has 0 aromatic heterocycles. The number of aliphatic imine (C=N–C) groups is 1. The first-order valence-electron chi connectivity index (χ1n) is 6.24. The van der Waals surface area contributed by atoms with Crippen molar-refractivity contribution in [3.63, 3.8) is 0 Å². The third-order valence-corrected chi connectivity index (χ3v) is 3.24. The molecule has 92 valence electrons. The number of amides is 1. The molecule has 2 heteroatoms. The molecule has 2 nitrogen and oxygen atoms in total. The number of rotatable bonds is 1.